The van der Waals surface area contributed by atoms with E-state index in [9.17, 15) is 9.59 Å². The SMILES string of the molecule is CCc1ccc(OCC(=O)N(Cc2ccc(Cl)cc2Cl)C(C)C(=O)NCC(C)C)cc1. The molecule has 0 saturated carbocycles. The molecule has 0 aliphatic rings. The van der Waals surface area contributed by atoms with E-state index in [0.717, 1.165) is 6.42 Å². The summed E-state index contributed by atoms with van der Waals surface area (Å²) >= 11 is 12.3. The van der Waals surface area contributed by atoms with E-state index in [4.69, 9.17) is 27.9 Å². The van der Waals surface area contributed by atoms with Crippen molar-refractivity contribution in [3.63, 3.8) is 0 Å². The summed E-state index contributed by atoms with van der Waals surface area (Å²) in [6, 6.07) is 12.0. The molecule has 0 aromatic heterocycles. The van der Waals surface area contributed by atoms with Crippen molar-refractivity contribution in [3.8, 4) is 5.75 Å². The van der Waals surface area contributed by atoms with Gasteiger partial charge in [-0.3, -0.25) is 9.59 Å². The van der Waals surface area contributed by atoms with Crippen LogP contribution >= 0.6 is 23.2 Å². The predicted octanol–water partition coefficient (Wildman–Crippen LogP) is 5.12. The number of carbonyl (C=O) groups is 2. The fourth-order valence-corrected chi connectivity index (χ4v) is 3.39. The Hall–Kier alpha value is -2.24. The lowest BCUT2D eigenvalue weighted by atomic mass is 10.1. The average Bonchev–Trinajstić information content (AvgIpc) is 2.75. The van der Waals surface area contributed by atoms with Gasteiger partial charge in [-0.25, -0.2) is 0 Å². The van der Waals surface area contributed by atoms with Crippen molar-refractivity contribution in [2.45, 2.75) is 46.7 Å². The Labute approximate surface area is 194 Å². The van der Waals surface area contributed by atoms with Gasteiger partial charge in [-0.1, -0.05) is 62.2 Å². The Morgan fingerprint density at radius 2 is 1.74 bits per heavy atom. The van der Waals surface area contributed by atoms with Crippen molar-refractivity contribution in [2.24, 2.45) is 5.92 Å². The number of aryl methyl sites for hydroxylation is 1. The molecule has 0 aliphatic heterocycles. The highest BCUT2D eigenvalue weighted by Gasteiger charge is 2.27. The molecule has 168 valence electrons. The topological polar surface area (TPSA) is 58.6 Å². The van der Waals surface area contributed by atoms with Crippen LogP contribution in [0.1, 0.15) is 38.8 Å². The van der Waals surface area contributed by atoms with Gasteiger partial charge in [0, 0.05) is 23.1 Å². The molecular formula is C24H30Cl2N2O3. The highest BCUT2D eigenvalue weighted by Crippen LogP contribution is 2.23. The van der Waals surface area contributed by atoms with Crippen molar-refractivity contribution >= 4 is 35.0 Å². The Bertz CT molecular complexity index is 885. The van der Waals surface area contributed by atoms with Gasteiger partial charge in [-0.15, -0.1) is 0 Å². The minimum absolute atomic E-state index is 0.170. The number of amides is 2. The summed E-state index contributed by atoms with van der Waals surface area (Å²) in [5.74, 6) is 0.379. The Balaban J connectivity index is 2.15. The second kappa shape index (κ2) is 12.0. The normalized spacial score (nSPS) is 11.8. The molecule has 0 aliphatic carbocycles. The van der Waals surface area contributed by atoms with E-state index in [2.05, 4.69) is 12.2 Å². The molecule has 2 amide bonds. The Morgan fingerprint density at radius 3 is 2.32 bits per heavy atom. The predicted molar refractivity (Wildman–Crippen MR) is 126 cm³/mol. The van der Waals surface area contributed by atoms with Gasteiger partial charge in [-0.2, -0.15) is 0 Å². The number of halogens is 2. The zero-order valence-corrected chi connectivity index (χ0v) is 20.0. The molecule has 2 aromatic carbocycles. The van der Waals surface area contributed by atoms with Crippen LogP contribution in [0.15, 0.2) is 42.5 Å². The van der Waals surface area contributed by atoms with Crippen LogP contribution in [0.2, 0.25) is 10.0 Å². The van der Waals surface area contributed by atoms with Crippen LogP contribution in [0.3, 0.4) is 0 Å². The van der Waals surface area contributed by atoms with Gasteiger partial charge in [0.2, 0.25) is 5.91 Å². The maximum atomic E-state index is 13.1. The fraction of sp³-hybridized carbons (Fsp3) is 0.417. The maximum absolute atomic E-state index is 13.1. The number of hydrogen-bond donors (Lipinski definition) is 1. The quantitative estimate of drug-likeness (QED) is 0.530. The number of carbonyl (C=O) groups excluding carboxylic acids is 2. The second-order valence-corrected chi connectivity index (χ2v) is 8.70. The Morgan fingerprint density at radius 1 is 1.06 bits per heavy atom. The first-order chi connectivity index (χ1) is 14.7. The van der Waals surface area contributed by atoms with Crippen LogP contribution in [0, 0.1) is 5.92 Å². The van der Waals surface area contributed by atoms with Gasteiger partial charge < -0.3 is 15.0 Å². The van der Waals surface area contributed by atoms with Crippen LogP contribution in [0.5, 0.6) is 5.75 Å². The monoisotopic (exact) mass is 464 g/mol. The van der Waals surface area contributed by atoms with Gasteiger partial charge >= 0.3 is 0 Å². The lowest BCUT2D eigenvalue weighted by Crippen LogP contribution is -2.49. The lowest BCUT2D eigenvalue weighted by Gasteiger charge is -2.29. The van der Waals surface area contributed by atoms with Crippen LogP contribution in [-0.2, 0) is 22.6 Å². The van der Waals surface area contributed by atoms with Crippen molar-refractivity contribution in [1.82, 2.24) is 10.2 Å². The van der Waals surface area contributed by atoms with Gasteiger partial charge in [0.05, 0.1) is 0 Å². The summed E-state index contributed by atoms with van der Waals surface area (Å²) in [6.07, 6.45) is 0.928. The molecule has 2 aromatic rings. The van der Waals surface area contributed by atoms with E-state index >= 15 is 0 Å². The number of benzene rings is 2. The molecule has 1 unspecified atom stereocenters. The zero-order valence-electron chi connectivity index (χ0n) is 18.5. The summed E-state index contributed by atoms with van der Waals surface area (Å²) in [6.45, 7) is 8.32. The van der Waals surface area contributed by atoms with Crippen LogP contribution < -0.4 is 10.1 Å². The molecule has 0 spiro atoms. The fourth-order valence-electron chi connectivity index (χ4n) is 2.92. The molecule has 0 saturated heterocycles. The molecule has 0 radical (unpaired) electrons. The summed E-state index contributed by atoms with van der Waals surface area (Å²) < 4.78 is 5.69. The molecule has 5 nitrogen and oxygen atoms in total. The van der Waals surface area contributed by atoms with Crippen molar-refractivity contribution in [3.05, 3.63) is 63.6 Å². The molecule has 0 heterocycles. The van der Waals surface area contributed by atoms with Gasteiger partial charge in [0.1, 0.15) is 11.8 Å². The number of ether oxygens (including phenoxy) is 1. The Kier molecular flexibility index (Phi) is 9.66. The molecule has 1 N–H and O–H groups in total. The number of rotatable bonds is 10. The molecule has 7 heteroatoms. The van der Waals surface area contributed by atoms with Crippen LogP contribution in [0.25, 0.3) is 0 Å². The highest BCUT2D eigenvalue weighted by molar-refractivity contribution is 6.35. The first-order valence-electron chi connectivity index (χ1n) is 10.4. The molecule has 31 heavy (non-hydrogen) atoms. The summed E-state index contributed by atoms with van der Waals surface area (Å²) in [5, 5.41) is 3.83. The zero-order chi connectivity index (χ0) is 23.0. The molecule has 1 atom stereocenters. The number of nitrogens with zero attached hydrogens (tertiary/aromatic N) is 1. The second-order valence-electron chi connectivity index (χ2n) is 7.86. The largest absolute Gasteiger partial charge is 0.484 e. The molecule has 2 rings (SSSR count). The van der Waals surface area contributed by atoms with Crippen LogP contribution in [0.4, 0.5) is 0 Å². The van der Waals surface area contributed by atoms with Crippen molar-refractivity contribution < 1.29 is 14.3 Å². The van der Waals surface area contributed by atoms with E-state index < -0.39 is 6.04 Å². The summed E-state index contributed by atoms with van der Waals surface area (Å²) in [7, 11) is 0. The smallest absolute Gasteiger partial charge is 0.261 e. The molecular weight excluding hydrogens is 435 g/mol. The maximum Gasteiger partial charge on any atom is 0.261 e. The van der Waals surface area contributed by atoms with Gasteiger partial charge in [-0.05, 0) is 54.7 Å². The minimum atomic E-state index is -0.691. The average molecular weight is 465 g/mol. The van der Waals surface area contributed by atoms with Gasteiger partial charge in [0.25, 0.3) is 5.91 Å². The third-order valence-corrected chi connectivity index (χ3v) is 5.49. The summed E-state index contributed by atoms with van der Waals surface area (Å²) in [5.41, 5.74) is 1.89. The highest BCUT2D eigenvalue weighted by atomic mass is 35.5. The molecule has 0 bridgehead atoms. The minimum Gasteiger partial charge on any atom is -0.484 e. The third-order valence-electron chi connectivity index (χ3n) is 4.90. The first kappa shape index (κ1) is 25.0. The third kappa shape index (κ3) is 7.75. The standard InChI is InChI=1S/C24H30Cl2N2O3/c1-5-18-6-10-21(11-7-18)31-15-23(29)28(17(4)24(30)27-13-16(2)3)14-19-8-9-20(25)12-22(19)26/h6-12,16-17H,5,13-15H2,1-4H3,(H,27,30). The van der Waals surface area contributed by atoms with E-state index in [0.29, 0.717) is 33.8 Å². The van der Waals surface area contributed by atoms with Gasteiger partial charge in [0.15, 0.2) is 6.61 Å². The van der Waals surface area contributed by atoms with Crippen LogP contribution in [-0.4, -0.2) is 35.9 Å². The first-order valence-corrected chi connectivity index (χ1v) is 11.2. The number of nitrogens with one attached hydrogen (secondary N) is 1. The van der Waals surface area contributed by atoms with E-state index in [1.54, 1.807) is 25.1 Å². The summed E-state index contributed by atoms with van der Waals surface area (Å²) in [4.78, 5) is 27.2. The van der Waals surface area contributed by atoms with E-state index in [1.807, 2.05) is 38.1 Å². The lowest BCUT2D eigenvalue weighted by molar-refractivity contribution is -0.142. The molecule has 0 fully saturated rings. The van der Waals surface area contributed by atoms with E-state index in [1.165, 1.54) is 10.5 Å². The van der Waals surface area contributed by atoms with Crippen molar-refractivity contribution in [1.29, 1.82) is 0 Å². The van der Waals surface area contributed by atoms with E-state index in [-0.39, 0.29) is 25.0 Å². The number of hydrogen-bond acceptors (Lipinski definition) is 3. The van der Waals surface area contributed by atoms with Crippen molar-refractivity contribution in [2.75, 3.05) is 13.2 Å².